The first-order valence-electron chi connectivity index (χ1n) is 4.48. The molecule has 82 valence electrons. The summed E-state index contributed by atoms with van der Waals surface area (Å²) >= 11 is 6.91. The van der Waals surface area contributed by atoms with Gasteiger partial charge in [-0.1, -0.05) is 11.6 Å². The number of aliphatic hydroxyl groups excluding tert-OH is 2. The summed E-state index contributed by atoms with van der Waals surface area (Å²) in [6.45, 7) is 0.352. The Balaban J connectivity index is 2.10. The van der Waals surface area contributed by atoms with Gasteiger partial charge < -0.3 is 15.1 Å². The molecule has 1 aliphatic heterocycles. The Morgan fingerprint density at radius 2 is 2.00 bits per heavy atom. The molecule has 0 saturated carbocycles. The lowest BCUT2D eigenvalue weighted by Crippen LogP contribution is -2.29. The Morgan fingerprint density at radius 1 is 1.40 bits per heavy atom. The molecule has 2 atom stereocenters. The second-order valence-corrected chi connectivity index (χ2v) is 5.16. The van der Waals surface area contributed by atoms with E-state index in [9.17, 15) is 15.0 Å². The van der Waals surface area contributed by atoms with Crippen LogP contribution in [0.4, 0.5) is 0 Å². The van der Waals surface area contributed by atoms with Crippen LogP contribution in [0.15, 0.2) is 12.1 Å². The molecule has 1 aliphatic rings. The van der Waals surface area contributed by atoms with Crippen molar-refractivity contribution in [2.45, 2.75) is 12.2 Å². The van der Waals surface area contributed by atoms with Gasteiger partial charge in [0.05, 0.1) is 21.4 Å². The van der Waals surface area contributed by atoms with Crippen molar-refractivity contribution >= 4 is 28.8 Å². The fourth-order valence-electron chi connectivity index (χ4n) is 1.52. The Hall–Kier alpha value is -0.620. The number of hydrogen-bond donors (Lipinski definition) is 2. The number of nitrogens with zero attached hydrogens (tertiary/aromatic N) is 1. The van der Waals surface area contributed by atoms with Gasteiger partial charge in [-0.25, -0.2) is 0 Å². The first-order valence-corrected chi connectivity index (χ1v) is 5.68. The zero-order valence-electron chi connectivity index (χ0n) is 7.76. The molecule has 2 heterocycles. The lowest BCUT2D eigenvalue weighted by atomic mass is 10.3. The third-order valence-electron chi connectivity index (χ3n) is 2.33. The lowest BCUT2D eigenvalue weighted by Gasteiger charge is -2.13. The molecule has 2 N–H and O–H groups in total. The highest BCUT2D eigenvalue weighted by molar-refractivity contribution is 7.17. The number of thiophene rings is 1. The number of likely N-dealkylation sites (tertiary alicyclic amines) is 1. The molecular formula is C9H10ClNO3S. The summed E-state index contributed by atoms with van der Waals surface area (Å²) in [4.78, 5) is 13.8. The molecule has 0 bridgehead atoms. The summed E-state index contributed by atoms with van der Waals surface area (Å²) in [5.41, 5.74) is 0. The number of β-amino-alcohol motifs (C(OH)–C–C–N with tert-alkyl or cyclic N) is 2. The van der Waals surface area contributed by atoms with Gasteiger partial charge in [0, 0.05) is 13.1 Å². The van der Waals surface area contributed by atoms with Gasteiger partial charge in [0.25, 0.3) is 5.91 Å². The second-order valence-electron chi connectivity index (χ2n) is 3.45. The van der Waals surface area contributed by atoms with Gasteiger partial charge in [0.15, 0.2) is 0 Å². The maximum atomic E-state index is 11.8. The van der Waals surface area contributed by atoms with Crippen LogP contribution < -0.4 is 0 Å². The molecule has 4 nitrogen and oxygen atoms in total. The first kappa shape index (κ1) is 10.9. The van der Waals surface area contributed by atoms with Crippen molar-refractivity contribution in [2.24, 2.45) is 0 Å². The summed E-state index contributed by atoms with van der Waals surface area (Å²) < 4.78 is 0.554. The maximum absolute atomic E-state index is 11.8. The number of hydrogen-bond acceptors (Lipinski definition) is 4. The Morgan fingerprint density at radius 3 is 2.47 bits per heavy atom. The van der Waals surface area contributed by atoms with E-state index in [-0.39, 0.29) is 19.0 Å². The zero-order chi connectivity index (χ0) is 11.0. The second kappa shape index (κ2) is 4.09. The minimum atomic E-state index is -0.843. The summed E-state index contributed by atoms with van der Waals surface area (Å²) in [5.74, 6) is -0.192. The van der Waals surface area contributed by atoms with E-state index in [2.05, 4.69) is 0 Å². The van der Waals surface area contributed by atoms with E-state index in [1.807, 2.05) is 0 Å². The number of halogens is 1. The fourth-order valence-corrected chi connectivity index (χ4v) is 2.53. The number of aliphatic hydroxyl groups is 2. The first-order chi connectivity index (χ1) is 7.08. The van der Waals surface area contributed by atoms with E-state index in [4.69, 9.17) is 11.6 Å². The van der Waals surface area contributed by atoms with Gasteiger partial charge >= 0.3 is 0 Å². The molecule has 1 fully saturated rings. The van der Waals surface area contributed by atoms with Gasteiger partial charge in [-0.2, -0.15) is 0 Å². The van der Waals surface area contributed by atoms with Crippen LogP contribution >= 0.6 is 22.9 Å². The predicted molar refractivity (Wildman–Crippen MR) is 57.2 cm³/mol. The van der Waals surface area contributed by atoms with Crippen LogP contribution in [0.1, 0.15) is 9.67 Å². The molecule has 0 aromatic carbocycles. The van der Waals surface area contributed by atoms with Crippen molar-refractivity contribution in [2.75, 3.05) is 13.1 Å². The fraction of sp³-hybridized carbons (Fsp3) is 0.444. The van der Waals surface area contributed by atoms with Gasteiger partial charge in [-0.15, -0.1) is 11.3 Å². The molecule has 2 unspecified atom stereocenters. The van der Waals surface area contributed by atoms with Crippen LogP contribution in [0.3, 0.4) is 0 Å². The smallest absolute Gasteiger partial charge is 0.264 e. The summed E-state index contributed by atoms with van der Waals surface area (Å²) in [7, 11) is 0. The van der Waals surface area contributed by atoms with Crippen LogP contribution in [-0.4, -0.2) is 46.3 Å². The topological polar surface area (TPSA) is 60.8 Å². The van der Waals surface area contributed by atoms with E-state index >= 15 is 0 Å². The maximum Gasteiger partial charge on any atom is 0.264 e. The molecule has 0 aliphatic carbocycles. The highest BCUT2D eigenvalue weighted by Gasteiger charge is 2.33. The largest absolute Gasteiger partial charge is 0.388 e. The number of rotatable bonds is 1. The van der Waals surface area contributed by atoms with Crippen molar-refractivity contribution < 1.29 is 15.0 Å². The minimum Gasteiger partial charge on any atom is -0.388 e. The number of carbonyl (C=O) groups excluding carboxylic acids is 1. The quantitative estimate of drug-likeness (QED) is 0.763. The molecule has 1 amide bonds. The predicted octanol–water partition coefficient (Wildman–Crippen LogP) is 0.579. The number of amides is 1. The summed E-state index contributed by atoms with van der Waals surface area (Å²) in [5, 5.41) is 18.6. The highest BCUT2D eigenvalue weighted by atomic mass is 35.5. The summed E-state index contributed by atoms with van der Waals surface area (Å²) in [6.07, 6.45) is -1.69. The van der Waals surface area contributed by atoms with E-state index < -0.39 is 12.2 Å². The molecule has 6 heteroatoms. The van der Waals surface area contributed by atoms with Crippen LogP contribution in [0.25, 0.3) is 0 Å². The number of carbonyl (C=O) groups is 1. The molecular weight excluding hydrogens is 238 g/mol. The van der Waals surface area contributed by atoms with Gasteiger partial charge in [-0.05, 0) is 12.1 Å². The van der Waals surface area contributed by atoms with Gasteiger partial charge in [0.1, 0.15) is 0 Å². The van der Waals surface area contributed by atoms with E-state index in [0.29, 0.717) is 9.21 Å². The van der Waals surface area contributed by atoms with Crippen LogP contribution in [0.5, 0.6) is 0 Å². The van der Waals surface area contributed by atoms with E-state index in [1.54, 1.807) is 12.1 Å². The molecule has 0 spiro atoms. The molecule has 15 heavy (non-hydrogen) atoms. The summed E-state index contributed by atoms with van der Waals surface area (Å²) in [6, 6.07) is 3.30. The molecule has 1 saturated heterocycles. The van der Waals surface area contributed by atoms with Crippen LogP contribution in [0.2, 0.25) is 4.34 Å². The standard InChI is InChI=1S/C9H10ClNO3S/c10-8-2-1-7(15-8)9(14)11-3-5(12)6(13)4-11/h1-2,5-6,12-13H,3-4H2. The van der Waals surface area contributed by atoms with Crippen molar-refractivity contribution in [3.63, 3.8) is 0 Å². The average Bonchev–Trinajstić information content (AvgIpc) is 2.74. The zero-order valence-corrected chi connectivity index (χ0v) is 9.33. The molecule has 2 rings (SSSR count). The monoisotopic (exact) mass is 247 g/mol. The molecule has 1 aromatic heterocycles. The van der Waals surface area contributed by atoms with Gasteiger partial charge in [0.2, 0.25) is 0 Å². The van der Waals surface area contributed by atoms with Crippen molar-refractivity contribution in [1.29, 1.82) is 0 Å². The SMILES string of the molecule is O=C(c1ccc(Cl)s1)N1CC(O)C(O)C1. The minimum absolute atomic E-state index is 0.176. The Kier molecular flexibility index (Phi) is 2.97. The highest BCUT2D eigenvalue weighted by Crippen LogP contribution is 2.24. The van der Waals surface area contributed by atoms with Crippen LogP contribution in [-0.2, 0) is 0 Å². The molecule has 1 aromatic rings. The third-order valence-corrected chi connectivity index (χ3v) is 3.55. The van der Waals surface area contributed by atoms with E-state index in [0.717, 1.165) is 0 Å². The normalized spacial score (nSPS) is 25.9. The van der Waals surface area contributed by atoms with Crippen molar-refractivity contribution in [3.8, 4) is 0 Å². The molecule has 0 radical (unpaired) electrons. The lowest BCUT2D eigenvalue weighted by molar-refractivity contribution is 0.0572. The van der Waals surface area contributed by atoms with Crippen molar-refractivity contribution in [1.82, 2.24) is 4.90 Å². The Bertz CT molecular complexity index is 371. The third kappa shape index (κ3) is 2.15. The Labute approximate surface area is 95.7 Å². The van der Waals surface area contributed by atoms with Gasteiger partial charge in [-0.3, -0.25) is 4.79 Å². The van der Waals surface area contributed by atoms with Crippen molar-refractivity contribution in [3.05, 3.63) is 21.3 Å². The van der Waals surface area contributed by atoms with E-state index in [1.165, 1.54) is 16.2 Å². The average molecular weight is 248 g/mol. The van der Waals surface area contributed by atoms with Crippen LogP contribution in [0, 0.1) is 0 Å².